The van der Waals surface area contributed by atoms with Crippen molar-refractivity contribution in [1.29, 1.82) is 0 Å². The molecular formula is C32H40N4O6Si. The lowest BCUT2D eigenvalue weighted by atomic mass is 9.95. The van der Waals surface area contributed by atoms with E-state index in [2.05, 4.69) is 49.1 Å². The number of carbonyl (C=O) groups is 2. The molecule has 11 heteroatoms. The van der Waals surface area contributed by atoms with Gasteiger partial charge in [0.1, 0.15) is 12.9 Å². The van der Waals surface area contributed by atoms with Crippen molar-refractivity contribution in [1.82, 2.24) is 14.9 Å². The van der Waals surface area contributed by atoms with E-state index in [4.69, 9.17) is 13.9 Å². The maximum absolute atomic E-state index is 14.2. The van der Waals surface area contributed by atoms with Crippen molar-refractivity contribution in [3.8, 4) is 11.5 Å². The van der Waals surface area contributed by atoms with Crippen LogP contribution in [0.3, 0.4) is 0 Å². The minimum absolute atomic E-state index is 0.00995. The monoisotopic (exact) mass is 604 g/mol. The van der Waals surface area contributed by atoms with Crippen LogP contribution in [-0.2, 0) is 11.0 Å². The molecule has 228 valence electrons. The first kappa shape index (κ1) is 31.7. The molecule has 0 radical (unpaired) electrons. The van der Waals surface area contributed by atoms with Crippen molar-refractivity contribution in [2.24, 2.45) is 0 Å². The standard InChI is InChI=1S/C32H40N4O6Si/c1-32(2,3)43(5,6)42-20-25-14-23(24-17-33-21-34-18-24)12-13-36(25)30(37)26-15-28(40-4)29(16-27(26)35-31(38)39)41-19-22-10-8-7-9-11-22/h7-12,15-18,21,25,35H,13-14,19-20H2,1-6H3,(H,38,39). The minimum Gasteiger partial charge on any atom is -0.493 e. The molecule has 0 spiro atoms. The second-order valence-electron chi connectivity index (χ2n) is 12.0. The van der Waals surface area contributed by atoms with E-state index < -0.39 is 14.4 Å². The average molecular weight is 605 g/mol. The Bertz CT molecular complexity index is 1460. The molecule has 10 nitrogen and oxygen atoms in total. The lowest BCUT2D eigenvalue weighted by Crippen LogP contribution is -2.49. The van der Waals surface area contributed by atoms with Gasteiger partial charge in [-0.15, -0.1) is 0 Å². The molecule has 2 heterocycles. The highest BCUT2D eigenvalue weighted by atomic mass is 28.4. The summed E-state index contributed by atoms with van der Waals surface area (Å²) >= 11 is 0. The zero-order valence-corrected chi connectivity index (χ0v) is 26.6. The number of aromatic nitrogens is 2. The maximum Gasteiger partial charge on any atom is 0.409 e. The molecule has 2 amide bonds. The number of methoxy groups -OCH3 is 1. The van der Waals surface area contributed by atoms with Gasteiger partial charge >= 0.3 is 6.09 Å². The zero-order valence-electron chi connectivity index (χ0n) is 25.6. The Kier molecular flexibility index (Phi) is 9.87. The van der Waals surface area contributed by atoms with Gasteiger partial charge in [0.15, 0.2) is 19.8 Å². The average Bonchev–Trinajstić information content (AvgIpc) is 2.98. The van der Waals surface area contributed by atoms with Crippen LogP contribution >= 0.6 is 0 Å². The predicted molar refractivity (Wildman–Crippen MR) is 168 cm³/mol. The van der Waals surface area contributed by atoms with E-state index in [0.717, 1.165) is 16.7 Å². The van der Waals surface area contributed by atoms with Crippen LogP contribution < -0.4 is 14.8 Å². The van der Waals surface area contributed by atoms with E-state index in [1.165, 1.54) is 25.6 Å². The highest BCUT2D eigenvalue weighted by molar-refractivity contribution is 6.74. The van der Waals surface area contributed by atoms with Gasteiger partial charge in [-0.1, -0.05) is 57.2 Å². The fraction of sp³-hybridized carbons (Fsp3) is 0.375. The summed E-state index contributed by atoms with van der Waals surface area (Å²) in [5.74, 6) is 0.286. The van der Waals surface area contributed by atoms with Gasteiger partial charge in [0.25, 0.3) is 5.91 Å². The van der Waals surface area contributed by atoms with Gasteiger partial charge in [-0.2, -0.15) is 0 Å². The third-order valence-electron chi connectivity index (χ3n) is 8.08. The summed E-state index contributed by atoms with van der Waals surface area (Å²) in [5, 5.41) is 12.0. The number of hydrogen-bond donors (Lipinski definition) is 2. The van der Waals surface area contributed by atoms with Crippen molar-refractivity contribution in [3.05, 3.63) is 84.0 Å². The van der Waals surface area contributed by atoms with Crippen LogP contribution in [0.15, 0.2) is 67.3 Å². The first-order chi connectivity index (χ1) is 20.4. The predicted octanol–water partition coefficient (Wildman–Crippen LogP) is 6.47. The van der Waals surface area contributed by atoms with Crippen molar-refractivity contribution >= 4 is 31.6 Å². The van der Waals surface area contributed by atoms with Crippen LogP contribution in [0, 0.1) is 0 Å². The van der Waals surface area contributed by atoms with E-state index >= 15 is 0 Å². The molecule has 43 heavy (non-hydrogen) atoms. The van der Waals surface area contributed by atoms with E-state index in [-0.39, 0.29) is 34.8 Å². The summed E-state index contributed by atoms with van der Waals surface area (Å²) in [7, 11) is -0.652. The van der Waals surface area contributed by atoms with E-state index in [1.54, 1.807) is 17.3 Å². The molecule has 2 N–H and O–H groups in total. The van der Waals surface area contributed by atoms with Gasteiger partial charge in [-0.3, -0.25) is 10.1 Å². The minimum atomic E-state index is -2.13. The fourth-order valence-corrected chi connectivity index (χ4v) is 5.58. The zero-order chi connectivity index (χ0) is 31.2. The highest BCUT2D eigenvalue weighted by Crippen LogP contribution is 2.39. The second-order valence-corrected chi connectivity index (χ2v) is 16.8. The number of anilines is 1. The second kappa shape index (κ2) is 13.4. The summed E-state index contributed by atoms with van der Waals surface area (Å²) in [6.07, 6.45) is 6.23. The van der Waals surface area contributed by atoms with E-state index in [0.29, 0.717) is 31.1 Å². The van der Waals surface area contributed by atoms with Gasteiger partial charge in [0.05, 0.1) is 31.0 Å². The third kappa shape index (κ3) is 7.79. The number of carbonyl (C=O) groups excluding carboxylic acids is 1. The summed E-state index contributed by atoms with van der Waals surface area (Å²) in [6, 6.07) is 12.3. The summed E-state index contributed by atoms with van der Waals surface area (Å²) < 4.78 is 18.2. The third-order valence-corrected chi connectivity index (χ3v) is 12.6. The molecule has 1 aliphatic heterocycles. The van der Waals surface area contributed by atoms with Crippen LogP contribution in [0.5, 0.6) is 11.5 Å². The Balaban J connectivity index is 1.68. The van der Waals surface area contributed by atoms with Crippen molar-refractivity contribution in [2.45, 2.75) is 58.0 Å². The molecule has 1 aromatic heterocycles. The van der Waals surface area contributed by atoms with Crippen LogP contribution in [0.2, 0.25) is 18.1 Å². The fourth-order valence-electron chi connectivity index (χ4n) is 4.54. The van der Waals surface area contributed by atoms with Crippen molar-refractivity contribution in [3.63, 3.8) is 0 Å². The topological polar surface area (TPSA) is 123 Å². The van der Waals surface area contributed by atoms with E-state index in [9.17, 15) is 14.7 Å². The molecule has 1 atom stereocenters. The van der Waals surface area contributed by atoms with Crippen molar-refractivity contribution < 1.29 is 28.6 Å². The van der Waals surface area contributed by atoms with Gasteiger partial charge < -0.3 is 23.9 Å². The number of ether oxygens (including phenoxy) is 2. The maximum atomic E-state index is 14.2. The number of nitrogens with one attached hydrogen (secondary N) is 1. The van der Waals surface area contributed by atoms with Gasteiger partial charge in [-0.25, -0.2) is 14.8 Å². The van der Waals surface area contributed by atoms with E-state index in [1.807, 2.05) is 36.4 Å². The highest BCUT2D eigenvalue weighted by Gasteiger charge is 2.39. The summed E-state index contributed by atoms with van der Waals surface area (Å²) in [5.41, 5.74) is 3.11. The lowest BCUT2D eigenvalue weighted by Gasteiger charge is -2.41. The Hall–Kier alpha value is -4.22. The number of amides is 2. The van der Waals surface area contributed by atoms with Crippen LogP contribution in [0.1, 0.15) is 48.7 Å². The molecule has 4 rings (SSSR count). The Morgan fingerprint density at radius 2 is 1.79 bits per heavy atom. The van der Waals surface area contributed by atoms with Crippen molar-refractivity contribution in [2.75, 3.05) is 25.6 Å². The Labute approximate surface area is 253 Å². The molecule has 0 saturated heterocycles. The van der Waals surface area contributed by atoms with Gasteiger partial charge in [-0.05, 0) is 41.8 Å². The lowest BCUT2D eigenvalue weighted by molar-refractivity contribution is 0.0627. The number of nitrogens with zero attached hydrogens (tertiary/aromatic N) is 3. The molecule has 0 saturated carbocycles. The summed E-state index contributed by atoms with van der Waals surface area (Å²) in [4.78, 5) is 36.1. The Morgan fingerprint density at radius 3 is 2.42 bits per heavy atom. The quantitative estimate of drug-likeness (QED) is 0.252. The van der Waals surface area contributed by atoms with Gasteiger partial charge in [0, 0.05) is 30.6 Å². The molecule has 0 bridgehead atoms. The SMILES string of the molecule is COc1cc(C(=O)N2CC=C(c3cncnc3)CC2CO[Si](C)(C)C(C)(C)C)c(NC(=O)O)cc1OCc1ccccc1. The molecular weight excluding hydrogens is 564 g/mol. The molecule has 2 aromatic carbocycles. The Morgan fingerprint density at radius 1 is 1.09 bits per heavy atom. The molecule has 0 aliphatic carbocycles. The van der Waals surface area contributed by atoms with Gasteiger partial charge in [0.2, 0.25) is 0 Å². The molecule has 3 aromatic rings. The normalized spacial score (nSPS) is 15.4. The summed E-state index contributed by atoms with van der Waals surface area (Å²) in [6.45, 7) is 11.8. The first-order valence-electron chi connectivity index (χ1n) is 14.2. The number of carboxylic acid groups (broad SMARTS) is 1. The molecule has 0 fully saturated rings. The largest absolute Gasteiger partial charge is 0.493 e. The molecule has 1 aliphatic rings. The smallest absolute Gasteiger partial charge is 0.409 e. The number of benzene rings is 2. The number of rotatable bonds is 10. The van der Waals surface area contributed by atoms with Crippen LogP contribution in [-0.4, -0.2) is 66.6 Å². The number of hydrogen-bond acceptors (Lipinski definition) is 7. The molecule has 1 unspecified atom stereocenters. The van der Waals surface area contributed by atoms with Crippen LogP contribution in [0.25, 0.3) is 5.57 Å². The first-order valence-corrected chi connectivity index (χ1v) is 17.1. The van der Waals surface area contributed by atoms with Crippen LogP contribution in [0.4, 0.5) is 10.5 Å².